The number of hydrogen-bond acceptors (Lipinski definition) is 4. The minimum Gasteiger partial charge on any atom is -0.313 e. The van der Waals surface area contributed by atoms with Gasteiger partial charge in [0.1, 0.15) is 4.21 Å². The maximum Gasteiger partial charge on any atom is 0.250 e. The molecule has 0 radical (unpaired) electrons. The van der Waals surface area contributed by atoms with Crippen molar-refractivity contribution in [2.45, 2.75) is 42.9 Å². The van der Waals surface area contributed by atoms with Crippen LogP contribution in [0, 0.1) is 0 Å². The number of nitrogens with one attached hydrogen (secondary N) is 2. The van der Waals surface area contributed by atoms with Gasteiger partial charge in [0.15, 0.2) is 0 Å². The van der Waals surface area contributed by atoms with Gasteiger partial charge in [-0.3, -0.25) is 0 Å². The lowest BCUT2D eigenvalue weighted by Crippen LogP contribution is -2.43. The fraction of sp³-hybridized carbons (Fsp3) is 0.667. The molecule has 4 nitrogen and oxygen atoms in total. The van der Waals surface area contributed by atoms with Gasteiger partial charge in [-0.25, -0.2) is 13.1 Å². The van der Waals surface area contributed by atoms with Crippen LogP contribution in [0.5, 0.6) is 0 Å². The molecule has 0 aromatic carbocycles. The van der Waals surface area contributed by atoms with Gasteiger partial charge in [-0.05, 0) is 37.9 Å². The molecule has 0 aliphatic carbocycles. The van der Waals surface area contributed by atoms with E-state index < -0.39 is 10.0 Å². The molecule has 2 rings (SSSR count). The highest BCUT2D eigenvalue weighted by Gasteiger charge is 2.19. The van der Waals surface area contributed by atoms with Gasteiger partial charge in [0.25, 0.3) is 0 Å². The van der Waals surface area contributed by atoms with Crippen LogP contribution < -0.4 is 10.0 Å². The summed E-state index contributed by atoms with van der Waals surface area (Å²) in [6, 6.07) is 3.86. The Balaban J connectivity index is 1.94. The van der Waals surface area contributed by atoms with Crippen LogP contribution in [-0.4, -0.2) is 27.5 Å². The highest BCUT2D eigenvalue weighted by Crippen LogP contribution is 2.21. The van der Waals surface area contributed by atoms with E-state index in [4.69, 9.17) is 0 Å². The summed E-state index contributed by atoms with van der Waals surface area (Å²) in [5.41, 5.74) is 0. The molecule has 102 valence electrons. The lowest BCUT2D eigenvalue weighted by atomic mass is 10.1. The zero-order valence-electron chi connectivity index (χ0n) is 10.6. The van der Waals surface area contributed by atoms with E-state index in [1.807, 2.05) is 13.0 Å². The van der Waals surface area contributed by atoms with E-state index in [1.54, 1.807) is 6.07 Å². The molecular formula is C12H20N2O2S2. The summed E-state index contributed by atoms with van der Waals surface area (Å²) in [6.45, 7) is 3.51. The number of thiophene rings is 1. The predicted molar refractivity (Wildman–Crippen MR) is 74.5 cm³/mol. The van der Waals surface area contributed by atoms with Crippen LogP contribution in [-0.2, 0) is 16.4 Å². The number of aryl methyl sites for hydroxylation is 1. The summed E-state index contributed by atoms with van der Waals surface area (Å²) in [7, 11) is -3.32. The molecule has 2 heterocycles. The standard InChI is InChI=1S/C12H20N2O2S2/c1-2-11-6-7-12(17-11)18(15,16)14-9-10-5-3-4-8-13-10/h6-7,10,13-14H,2-5,8-9H2,1H3. The van der Waals surface area contributed by atoms with Gasteiger partial charge in [0.2, 0.25) is 10.0 Å². The van der Waals surface area contributed by atoms with Crippen LogP contribution in [0.2, 0.25) is 0 Å². The normalized spacial score (nSPS) is 21.1. The number of sulfonamides is 1. The van der Waals surface area contributed by atoms with Crippen molar-refractivity contribution in [1.82, 2.24) is 10.0 Å². The summed E-state index contributed by atoms with van der Waals surface area (Å²) in [4.78, 5) is 1.10. The van der Waals surface area contributed by atoms with Gasteiger partial charge in [0.05, 0.1) is 0 Å². The summed E-state index contributed by atoms with van der Waals surface area (Å²) < 4.78 is 27.3. The van der Waals surface area contributed by atoms with Crippen LogP contribution in [0.3, 0.4) is 0 Å². The Morgan fingerprint density at radius 2 is 2.28 bits per heavy atom. The Kier molecular flexibility index (Phi) is 4.77. The molecule has 1 aliphatic rings. The molecule has 1 atom stereocenters. The molecule has 6 heteroatoms. The summed E-state index contributed by atoms with van der Waals surface area (Å²) in [6.07, 6.45) is 4.30. The predicted octanol–water partition coefficient (Wildman–Crippen LogP) is 1.73. The van der Waals surface area contributed by atoms with Crippen LogP contribution in [0.4, 0.5) is 0 Å². The molecular weight excluding hydrogens is 268 g/mol. The van der Waals surface area contributed by atoms with E-state index in [0.29, 0.717) is 10.8 Å². The largest absolute Gasteiger partial charge is 0.313 e. The SMILES string of the molecule is CCc1ccc(S(=O)(=O)NCC2CCCCN2)s1. The molecule has 1 saturated heterocycles. The molecule has 0 amide bonds. The Hall–Kier alpha value is -0.430. The Bertz CT molecular complexity index is 476. The van der Waals surface area contributed by atoms with Gasteiger partial charge in [0, 0.05) is 17.5 Å². The summed E-state index contributed by atoms with van der Waals surface area (Å²) in [5.74, 6) is 0. The second-order valence-electron chi connectivity index (χ2n) is 4.57. The molecule has 2 N–H and O–H groups in total. The number of rotatable bonds is 5. The van der Waals surface area contributed by atoms with E-state index in [-0.39, 0.29) is 6.04 Å². The Morgan fingerprint density at radius 1 is 1.44 bits per heavy atom. The molecule has 1 fully saturated rings. The van der Waals surface area contributed by atoms with Crippen molar-refractivity contribution < 1.29 is 8.42 Å². The second kappa shape index (κ2) is 6.14. The fourth-order valence-electron chi connectivity index (χ4n) is 2.07. The molecule has 0 spiro atoms. The zero-order valence-corrected chi connectivity index (χ0v) is 12.2. The fourth-order valence-corrected chi connectivity index (χ4v) is 4.49. The van der Waals surface area contributed by atoms with Gasteiger partial charge in [-0.1, -0.05) is 13.3 Å². The van der Waals surface area contributed by atoms with E-state index in [2.05, 4.69) is 10.0 Å². The maximum atomic E-state index is 12.1. The van der Waals surface area contributed by atoms with Crippen molar-refractivity contribution in [1.29, 1.82) is 0 Å². The molecule has 1 aliphatic heterocycles. The van der Waals surface area contributed by atoms with Crippen molar-refractivity contribution in [3.8, 4) is 0 Å². The number of hydrogen-bond donors (Lipinski definition) is 2. The van der Waals surface area contributed by atoms with Crippen molar-refractivity contribution in [2.75, 3.05) is 13.1 Å². The van der Waals surface area contributed by atoms with Gasteiger partial charge in [-0.2, -0.15) is 0 Å². The molecule has 0 saturated carbocycles. The monoisotopic (exact) mass is 288 g/mol. The first-order valence-corrected chi connectivity index (χ1v) is 8.73. The van der Waals surface area contributed by atoms with Crippen LogP contribution in [0.1, 0.15) is 31.1 Å². The van der Waals surface area contributed by atoms with Crippen molar-refractivity contribution in [3.63, 3.8) is 0 Å². The highest BCUT2D eigenvalue weighted by molar-refractivity contribution is 7.91. The maximum absolute atomic E-state index is 12.1. The van der Waals surface area contributed by atoms with E-state index in [1.165, 1.54) is 24.2 Å². The first-order chi connectivity index (χ1) is 8.62. The second-order valence-corrected chi connectivity index (χ2v) is 7.74. The lowest BCUT2D eigenvalue weighted by Gasteiger charge is -2.23. The Morgan fingerprint density at radius 3 is 2.89 bits per heavy atom. The average Bonchev–Trinajstić information content (AvgIpc) is 2.87. The lowest BCUT2D eigenvalue weighted by molar-refractivity contribution is 0.398. The van der Waals surface area contributed by atoms with Crippen LogP contribution in [0.25, 0.3) is 0 Å². The Labute approximate surface area is 113 Å². The first-order valence-electron chi connectivity index (χ1n) is 6.43. The third kappa shape index (κ3) is 3.54. The van der Waals surface area contributed by atoms with Crippen molar-refractivity contribution in [3.05, 3.63) is 17.0 Å². The summed E-state index contributed by atoms with van der Waals surface area (Å²) in [5, 5.41) is 3.34. The minimum atomic E-state index is -3.32. The average molecular weight is 288 g/mol. The molecule has 18 heavy (non-hydrogen) atoms. The van der Waals surface area contributed by atoms with Crippen LogP contribution in [0.15, 0.2) is 16.3 Å². The third-order valence-corrected chi connectivity index (χ3v) is 6.33. The van der Waals surface area contributed by atoms with E-state index in [9.17, 15) is 8.42 Å². The van der Waals surface area contributed by atoms with Crippen LogP contribution >= 0.6 is 11.3 Å². The van der Waals surface area contributed by atoms with E-state index >= 15 is 0 Å². The summed E-state index contributed by atoms with van der Waals surface area (Å²) >= 11 is 1.36. The zero-order chi connectivity index (χ0) is 13.0. The number of piperidine rings is 1. The van der Waals surface area contributed by atoms with E-state index in [0.717, 1.165) is 24.3 Å². The minimum absolute atomic E-state index is 0.277. The van der Waals surface area contributed by atoms with Gasteiger partial charge < -0.3 is 5.32 Å². The van der Waals surface area contributed by atoms with Gasteiger partial charge in [-0.15, -0.1) is 11.3 Å². The van der Waals surface area contributed by atoms with Crippen molar-refractivity contribution in [2.24, 2.45) is 0 Å². The highest BCUT2D eigenvalue weighted by atomic mass is 32.2. The molecule has 1 aromatic heterocycles. The quantitative estimate of drug-likeness (QED) is 0.867. The first kappa shape index (κ1) is 14.0. The topological polar surface area (TPSA) is 58.2 Å². The molecule has 1 aromatic rings. The third-order valence-electron chi connectivity index (χ3n) is 3.18. The smallest absolute Gasteiger partial charge is 0.250 e. The van der Waals surface area contributed by atoms with Crippen molar-refractivity contribution >= 4 is 21.4 Å². The molecule has 1 unspecified atom stereocenters. The molecule has 0 bridgehead atoms. The van der Waals surface area contributed by atoms with Gasteiger partial charge >= 0.3 is 0 Å².